The van der Waals surface area contributed by atoms with Gasteiger partial charge in [0.25, 0.3) is 5.91 Å². The number of carbonyl (C=O) groups excluding carboxylic acids is 2. The van der Waals surface area contributed by atoms with Crippen molar-refractivity contribution in [3.05, 3.63) is 103 Å². The number of benzene rings is 3. The molecule has 1 aliphatic carbocycles. The van der Waals surface area contributed by atoms with E-state index in [0.29, 0.717) is 64.9 Å². The van der Waals surface area contributed by atoms with Gasteiger partial charge >= 0.3 is 0 Å². The highest BCUT2D eigenvalue weighted by atomic mass is 35.5. The quantitative estimate of drug-likeness (QED) is 0.240. The molecule has 1 saturated carbocycles. The maximum Gasteiger partial charge on any atom is 0.252 e. The number of nitrogens with zero attached hydrogens (tertiary/aromatic N) is 2. The summed E-state index contributed by atoms with van der Waals surface area (Å²) in [7, 11) is 0. The summed E-state index contributed by atoms with van der Waals surface area (Å²) in [6.07, 6.45) is 3.24. The van der Waals surface area contributed by atoms with E-state index in [4.69, 9.17) is 51.1 Å². The molecule has 2 atom stereocenters. The largest absolute Gasteiger partial charge is 0.490 e. The Morgan fingerprint density at radius 3 is 2.36 bits per heavy atom. The summed E-state index contributed by atoms with van der Waals surface area (Å²) in [5.74, 6) is 0.416. The van der Waals surface area contributed by atoms with E-state index in [2.05, 4.69) is 29.6 Å². The van der Waals surface area contributed by atoms with Crippen molar-refractivity contribution in [3.8, 4) is 5.75 Å². The maximum absolute atomic E-state index is 14.5. The molecule has 0 unspecified atom stereocenters. The van der Waals surface area contributed by atoms with Crippen LogP contribution in [0.4, 0.5) is 0 Å². The van der Waals surface area contributed by atoms with E-state index in [1.54, 1.807) is 19.1 Å². The van der Waals surface area contributed by atoms with Crippen molar-refractivity contribution in [1.29, 1.82) is 0 Å². The minimum Gasteiger partial charge on any atom is -0.490 e. The number of amides is 2. The lowest BCUT2D eigenvalue weighted by Gasteiger charge is -2.44. The highest BCUT2D eigenvalue weighted by molar-refractivity contribution is 6.44. The molecule has 3 aromatic rings. The minimum absolute atomic E-state index is 0.0107. The van der Waals surface area contributed by atoms with Crippen LogP contribution in [-0.2, 0) is 22.6 Å². The number of rotatable bonds is 9. The molecule has 1 N–H and O–H groups in total. The number of carbonyl (C=O) groups is 2. The topological polar surface area (TPSA) is 61.9 Å². The first-order valence-corrected chi connectivity index (χ1v) is 16.4. The lowest BCUT2D eigenvalue weighted by Crippen LogP contribution is -2.61. The van der Waals surface area contributed by atoms with Gasteiger partial charge in [-0.1, -0.05) is 88.9 Å². The zero-order valence-corrected chi connectivity index (χ0v) is 27.3. The van der Waals surface area contributed by atoms with E-state index in [9.17, 15) is 9.59 Å². The second-order valence-electron chi connectivity index (χ2n) is 11.7. The predicted molar refractivity (Wildman–Crippen MR) is 177 cm³/mol. The lowest BCUT2D eigenvalue weighted by molar-refractivity contribution is -0.132. The van der Waals surface area contributed by atoms with Crippen LogP contribution in [0, 0.1) is 0 Å². The fourth-order valence-corrected chi connectivity index (χ4v) is 6.95. The molecule has 6 rings (SSSR count). The van der Waals surface area contributed by atoms with Crippen LogP contribution in [0.15, 0.2) is 66.2 Å². The molecule has 0 radical (unpaired) electrons. The van der Waals surface area contributed by atoms with E-state index in [1.165, 1.54) is 0 Å². The van der Waals surface area contributed by atoms with E-state index >= 15 is 0 Å². The standard InChI is InChI=1S/C34H33Cl4N3O3/c1-20(42)40-18-24-16-26(22-8-6-21(7-9-22)14-15-44-33-29(37)13-12-28(36)32(33)38)31(30(19-40)39-24)34(43)41(25-10-11-25)17-23-4-2-3-5-27(23)35/h2-9,12-13,24-25,30,39H,10-11,14-19H2,1H3/t24-,30-/m1/s1. The highest BCUT2D eigenvalue weighted by Gasteiger charge is 2.43. The summed E-state index contributed by atoms with van der Waals surface area (Å²) in [5.41, 5.74) is 4.80. The van der Waals surface area contributed by atoms with Gasteiger partial charge in [0.05, 0.1) is 22.7 Å². The molecular formula is C34H33Cl4N3O3. The van der Waals surface area contributed by atoms with Crippen molar-refractivity contribution in [2.45, 2.75) is 57.3 Å². The molecule has 1 saturated heterocycles. The smallest absolute Gasteiger partial charge is 0.252 e. The molecule has 6 nitrogen and oxygen atoms in total. The first-order chi connectivity index (χ1) is 21.2. The minimum atomic E-state index is -0.248. The maximum atomic E-state index is 14.5. The van der Waals surface area contributed by atoms with Crippen LogP contribution in [-0.4, -0.2) is 59.4 Å². The molecule has 2 heterocycles. The van der Waals surface area contributed by atoms with E-state index in [0.717, 1.165) is 40.7 Å². The van der Waals surface area contributed by atoms with Gasteiger partial charge in [0.1, 0.15) is 5.02 Å². The van der Waals surface area contributed by atoms with Crippen molar-refractivity contribution in [3.63, 3.8) is 0 Å². The van der Waals surface area contributed by atoms with Crippen LogP contribution in [0.25, 0.3) is 5.57 Å². The Morgan fingerprint density at radius 2 is 1.66 bits per heavy atom. The highest BCUT2D eigenvalue weighted by Crippen LogP contribution is 2.39. The van der Waals surface area contributed by atoms with Gasteiger partial charge in [0, 0.05) is 55.7 Å². The molecule has 0 aromatic heterocycles. The van der Waals surface area contributed by atoms with Gasteiger partial charge in [-0.25, -0.2) is 0 Å². The van der Waals surface area contributed by atoms with Crippen LogP contribution in [0.2, 0.25) is 20.1 Å². The second kappa shape index (κ2) is 13.3. The third kappa shape index (κ3) is 6.75. The van der Waals surface area contributed by atoms with Gasteiger partial charge in [-0.2, -0.15) is 0 Å². The Kier molecular flexibility index (Phi) is 9.46. The molecule has 3 aromatic carbocycles. The fourth-order valence-electron chi connectivity index (χ4n) is 6.13. The first-order valence-electron chi connectivity index (χ1n) is 14.8. The van der Waals surface area contributed by atoms with Crippen LogP contribution < -0.4 is 10.1 Å². The molecule has 230 valence electrons. The third-order valence-corrected chi connectivity index (χ3v) is 10.0. The zero-order chi connectivity index (χ0) is 31.0. The number of hydrogen-bond donors (Lipinski definition) is 1. The first kappa shape index (κ1) is 31.3. The van der Waals surface area contributed by atoms with Gasteiger partial charge in [-0.3, -0.25) is 9.59 Å². The molecule has 3 aliphatic rings. The lowest BCUT2D eigenvalue weighted by atomic mass is 9.82. The number of ether oxygens (including phenoxy) is 1. The number of piperazine rings is 1. The summed E-state index contributed by atoms with van der Waals surface area (Å²) in [6, 6.07) is 19.3. The summed E-state index contributed by atoms with van der Waals surface area (Å²) in [5, 5.41) is 5.41. The summed E-state index contributed by atoms with van der Waals surface area (Å²) in [4.78, 5) is 30.7. The molecule has 44 heavy (non-hydrogen) atoms. The van der Waals surface area contributed by atoms with Gasteiger partial charge in [0.15, 0.2) is 5.75 Å². The molecule has 2 aliphatic heterocycles. The normalized spacial score (nSPS) is 19.6. The average Bonchev–Trinajstić information content (AvgIpc) is 3.85. The Morgan fingerprint density at radius 1 is 0.932 bits per heavy atom. The molecule has 2 amide bonds. The number of fused-ring (bicyclic) bond motifs is 2. The van der Waals surface area contributed by atoms with E-state index in [1.807, 2.05) is 34.1 Å². The van der Waals surface area contributed by atoms with Crippen LogP contribution in [0.3, 0.4) is 0 Å². The Hall–Kier alpha value is -2.74. The molecule has 0 spiro atoms. The Balaban J connectivity index is 1.27. The predicted octanol–water partition coefficient (Wildman–Crippen LogP) is 7.46. The zero-order valence-electron chi connectivity index (χ0n) is 24.3. The number of halogens is 4. The SMILES string of the molecule is CC(=O)N1C[C@H]2CC(c3ccc(CCOc4c(Cl)ccc(Cl)c4Cl)cc3)=C(C(=O)N(Cc3ccccc3Cl)C3CC3)[C@@H](C1)N2. The average molecular weight is 673 g/mol. The van der Waals surface area contributed by atoms with Crippen molar-refractivity contribution >= 4 is 63.8 Å². The number of nitrogens with one attached hydrogen (secondary N) is 1. The fraction of sp³-hybridized carbons (Fsp3) is 0.353. The van der Waals surface area contributed by atoms with Crippen molar-refractivity contribution in [1.82, 2.24) is 15.1 Å². The monoisotopic (exact) mass is 671 g/mol. The Bertz CT molecular complexity index is 1610. The molecule has 2 bridgehead atoms. The molecule has 2 fully saturated rings. The van der Waals surface area contributed by atoms with Crippen molar-refractivity contribution in [2.75, 3.05) is 19.7 Å². The van der Waals surface area contributed by atoms with Gasteiger partial charge in [-0.05, 0) is 59.7 Å². The molecular weight excluding hydrogens is 640 g/mol. The second-order valence-corrected chi connectivity index (χ2v) is 13.3. The third-order valence-electron chi connectivity index (χ3n) is 8.57. The van der Waals surface area contributed by atoms with Gasteiger partial charge < -0.3 is 19.9 Å². The van der Waals surface area contributed by atoms with Crippen LogP contribution >= 0.6 is 46.4 Å². The Labute approximate surface area is 277 Å². The van der Waals surface area contributed by atoms with Gasteiger partial charge in [0.2, 0.25) is 5.91 Å². The molecule has 10 heteroatoms. The summed E-state index contributed by atoms with van der Waals surface area (Å²) < 4.78 is 5.88. The summed E-state index contributed by atoms with van der Waals surface area (Å²) in [6.45, 7) is 3.50. The van der Waals surface area contributed by atoms with Crippen molar-refractivity contribution in [2.24, 2.45) is 0 Å². The van der Waals surface area contributed by atoms with E-state index in [-0.39, 0.29) is 29.9 Å². The van der Waals surface area contributed by atoms with E-state index < -0.39 is 0 Å². The summed E-state index contributed by atoms with van der Waals surface area (Å²) >= 11 is 25.2. The number of hydrogen-bond acceptors (Lipinski definition) is 4. The van der Waals surface area contributed by atoms with Crippen molar-refractivity contribution < 1.29 is 14.3 Å². The van der Waals surface area contributed by atoms with Crippen LogP contribution in [0.5, 0.6) is 5.75 Å². The van der Waals surface area contributed by atoms with Crippen LogP contribution in [0.1, 0.15) is 42.9 Å². The van der Waals surface area contributed by atoms with Gasteiger partial charge in [-0.15, -0.1) is 0 Å².